The minimum atomic E-state index is -0.952. The first-order valence-corrected chi connectivity index (χ1v) is 5.44. The summed E-state index contributed by atoms with van der Waals surface area (Å²) in [5.41, 5.74) is 1.26. The second-order valence-electron chi connectivity index (χ2n) is 3.90. The van der Waals surface area contributed by atoms with Crippen LogP contribution in [0, 0.1) is 12.7 Å². The molecule has 0 aliphatic carbocycles. The molecule has 0 saturated heterocycles. The van der Waals surface area contributed by atoms with E-state index in [1.54, 1.807) is 17.7 Å². The van der Waals surface area contributed by atoms with E-state index in [2.05, 4.69) is 10.1 Å². The van der Waals surface area contributed by atoms with Gasteiger partial charge >= 0.3 is 0 Å². The molecule has 0 amide bonds. The second-order valence-corrected chi connectivity index (χ2v) is 3.90. The maximum atomic E-state index is 13.3. The van der Waals surface area contributed by atoms with Gasteiger partial charge in [-0.25, -0.2) is 14.1 Å². The molecule has 17 heavy (non-hydrogen) atoms. The fourth-order valence-electron chi connectivity index (χ4n) is 1.80. The van der Waals surface area contributed by atoms with Gasteiger partial charge in [0.25, 0.3) is 0 Å². The SMILES string of the molecule is CCn1ncnc1C(O)c1cc(C)cc(F)c1. The van der Waals surface area contributed by atoms with Crippen LogP contribution in [0.3, 0.4) is 0 Å². The van der Waals surface area contributed by atoms with E-state index in [4.69, 9.17) is 0 Å². The third-order valence-electron chi connectivity index (χ3n) is 2.57. The van der Waals surface area contributed by atoms with Crippen LogP contribution in [0.1, 0.15) is 30.0 Å². The van der Waals surface area contributed by atoms with Crippen LogP contribution in [-0.4, -0.2) is 19.9 Å². The Morgan fingerprint density at radius 2 is 2.18 bits per heavy atom. The molecule has 0 saturated carbocycles. The van der Waals surface area contributed by atoms with Gasteiger partial charge in [-0.3, -0.25) is 0 Å². The van der Waals surface area contributed by atoms with E-state index >= 15 is 0 Å². The van der Waals surface area contributed by atoms with Crippen molar-refractivity contribution in [3.8, 4) is 0 Å². The first kappa shape index (κ1) is 11.7. The van der Waals surface area contributed by atoms with Gasteiger partial charge in [0.2, 0.25) is 0 Å². The van der Waals surface area contributed by atoms with Crippen molar-refractivity contribution in [2.75, 3.05) is 0 Å². The Kier molecular flexibility index (Phi) is 3.19. The average Bonchev–Trinajstić information content (AvgIpc) is 2.74. The topological polar surface area (TPSA) is 50.9 Å². The van der Waals surface area contributed by atoms with Crippen molar-refractivity contribution in [3.63, 3.8) is 0 Å². The second kappa shape index (κ2) is 4.63. The Morgan fingerprint density at radius 1 is 1.41 bits per heavy atom. The fraction of sp³-hybridized carbons (Fsp3) is 0.333. The molecule has 0 aliphatic heterocycles. The van der Waals surface area contributed by atoms with Gasteiger partial charge < -0.3 is 5.11 Å². The lowest BCUT2D eigenvalue weighted by atomic mass is 10.1. The summed E-state index contributed by atoms with van der Waals surface area (Å²) in [7, 11) is 0. The number of rotatable bonds is 3. The molecule has 90 valence electrons. The monoisotopic (exact) mass is 235 g/mol. The van der Waals surface area contributed by atoms with Gasteiger partial charge in [0, 0.05) is 6.54 Å². The number of benzene rings is 1. The van der Waals surface area contributed by atoms with Gasteiger partial charge in [-0.1, -0.05) is 6.07 Å². The van der Waals surface area contributed by atoms with E-state index in [9.17, 15) is 9.50 Å². The zero-order chi connectivity index (χ0) is 12.4. The molecule has 1 aromatic heterocycles. The van der Waals surface area contributed by atoms with Crippen molar-refractivity contribution in [1.82, 2.24) is 14.8 Å². The number of aromatic nitrogens is 3. The van der Waals surface area contributed by atoms with Crippen LogP contribution in [0.25, 0.3) is 0 Å². The molecule has 1 heterocycles. The van der Waals surface area contributed by atoms with E-state index in [1.807, 2.05) is 6.92 Å². The molecule has 1 unspecified atom stereocenters. The number of aliphatic hydroxyl groups is 1. The highest BCUT2D eigenvalue weighted by atomic mass is 19.1. The van der Waals surface area contributed by atoms with Gasteiger partial charge in [0.05, 0.1) is 0 Å². The number of hydrogen-bond acceptors (Lipinski definition) is 3. The van der Waals surface area contributed by atoms with Gasteiger partial charge in [-0.05, 0) is 37.1 Å². The summed E-state index contributed by atoms with van der Waals surface area (Å²) in [5, 5.41) is 14.1. The molecule has 0 spiro atoms. The fourth-order valence-corrected chi connectivity index (χ4v) is 1.80. The van der Waals surface area contributed by atoms with Crippen molar-refractivity contribution in [3.05, 3.63) is 47.3 Å². The van der Waals surface area contributed by atoms with Crippen LogP contribution in [-0.2, 0) is 6.54 Å². The van der Waals surface area contributed by atoms with Crippen LogP contribution in [0.5, 0.6) is 0 Å². The standard InChI is InChI=1S/C12H14FN3O/c1-3-16-12(14-7-15-16)11(17)9-4-8(2)5-10(13)6-9/h4-7,11,17H,3H2,1-2H3. The molecule has 1 aromatic carbocycles. The number of halogens is 1. The van der Waals surface area contributed by atoms with Gasteiger partial charge in [-0.15, -0.1) is 0 Å². The lowest BCUT2D eigenvalue weighted by molar-refractivity contribution is 0.202. The van der Waals surface area contributed by atoms with Crippen molar-refractivity contribution in [2.24, 2.45) is 0 Å². The predicted octanol–water partition coefficient (Wildman–Crippen LogP) is 1.83. The van der Waals surface area contributed by atoms with E-state index in [1.165, 1.54) is 18.5 Å². The molecule has 2 rings (SSSR count). The first-order chi connectivity index (χ1) is 8.11. The molecular formula is C12H14FN3O. The Balaban J connectivity index is 2.39. The van der Waals surface area contributed by atoms with Crippen LogP contribution in [0.4, 0.5) is 4.39 Å². The third kappa shape index (κ3) is 2.34. The van der Waals surface area contributed by atoms with E-state index < -0.39 is 6.10 Å². The summed E-state index contributed by atoms with van der Waals surface area (Å²) < 4.78 is 14.8. The molecule has 0 radical (unpaired) electrons. The lowest BCUT2D eigenvalue weighted by Gasteiger charge is -2.12. The number of aryl methyl sites for hydroxylation is 2. The number of nitrogens with zero attached hydrogens (tertiary/aromatic N) is 3. The Hall–Kier alpha value is -1.75. The van der Waals surface area contributed by atoms with E-state index in [0.29, 0.717) is 17.9 Å². The smallest absolute Gasteiger partial charge is 0.160 e. The molecule has 4 nitrogen and oxygen atoms in total. The van der Waals surface area contributed by atoms with Crippen LogP contribution in [0.15, 0.2) is 24.5 Å². The van der Waals surface area contributed by atoms with Crippen molar-refractivity contribution in [1.29, 1.82) is 0 Å². The first-order valence-electron chi connectivity index (χ1n) is 5.44. The Morgan fingerprint density at radius 3 is 2.82 bits per heavy atom. The Labute approximate surface area is 98.7 Å². The summed E-state index contributed by atoms with van der Waals surface area (Å²) in [6.45, 7) is 4.30. The molecule has 2 aromatic rings. The zero-order valence-electron chi connectivity index (χ0n) is 9.76. The quantitative estimate of drug-likeness (QED) is 0.883. The molecular weight excluding hydrogens is 221 g/mol. The van der Waals surface area contributed by atoms with Crippen LogP contribution < -0.4 is 0 Å². The molecule has 0 fully saturated rings. The predicted molar refractivity (Wildman–Crippen MR) is 60.9 cm³/mol. The maximum Gasteiger partial charge on any atom is 0.160 e. The highest BCUT2D eigenvalue weighted by molar-refractivity contribution is 5.28. The van der Waals surface area contributed by atoms with Crippen molar-refractivity contribution in [2.45, 2.75) is 26.5 Å². The van der Waals surface area contributed by atoms with Crippen molar-refractivity contribution >= 4 is 0 Å². The van der Waals surface area contributed by atoms with Crippen LogP contribution >= 0.6 is 0 Å². The molecule has 0 aliphatic rings. The third-order valence-corrected chi connectivity index (χ3v) is 2.57. The largest absolute Gasteiger partial charge is 0.380 e. The lowest BCUT2D eigenvalue weighted by Crippen LogP contribution is -2.10. The highest BCUT2D eigenvalue weighted by Crippen LogP contribution is 2.21. The molecule has 5 heteroatoms. The average molecular weight is 235 g/mol. The summed E-state index contributed by atoms with van der Waals surface area (Å²) in [5.74, 6) is 0.0686. The van der Waals surface area contributed by atoms with Gasteiger partial charge in [0.15, 0.2) is 5.82 Å². The minimum Gasteiger partial charge on any atom is -0.380 e. The summed E-state index contributed by atoms with van der Waals surface area (Å²) >= 11 is 0. The van der Waals surface area contributed by atoms with Gasteiger partial charge in [0.1, 0.15) is 18.2 Å². The Bertz CT molecular complexity index is 504. The molecule has 1 atom stereocenters. The summed E-state index contributed by atoms with van der Waals surface area (Å²) in [4.78, 5) is 4.00. The summed E-state index contributed by atoms with van der Waals surface area (Å²) in [6, 6.07) is 4.47. The normalized spacial score (nSPS) is 12.7. The molecule has 1 N–H and O–H groups in total. The van der Waals surface area contributed by atoms with E-state index in [0.717, 1.165) is 5.56 Å². The van der Waals surface area contributed by atoms with Gasteiger partial charge in [-0.2, -0.15) is 5.10 Å². The minimum absolute atomic E-state index is 0.360. The van der Waals surface area contributed by atoms with Crippen molar-refractivity contribution < 1.29 is 9.50 Å². The number of hydrogen-bond donors (Lipinski definition) is 1. The van der Waals surface area contributed by atoms with Crippen LogP contribution in [0.2, 0.25) is 0 Å². The highest BCUT2D eigenvalue weighted by Gasteiger charge is 2.17. The zero-order valence-corrected chi connectivity index (χ0v) is 9.76. The summed E-state index contributed by atoms with van der Waals surface area (Å²) in [6.07, 6.45) is 0.431. The van der Waals surface area contributed by atoms with E-state index in [-0.39, 0.29) is 5.82 Å². The number of aliphatic hydroxyl groups excluding tert-OH is 1. The molecule has 0 bridgehead atoms. The maximum absolute atomic E-state index is 13.3.